The summed E-state index contributed by atoms with van der Waals surface area (Å²) in [7, 11) is 7.96. The number of hydrogen-bond donors (Lipinski definition) is 0. The van der Waals surface area contributed by atoms with Gasteiger partial charge in [0.15, 0.2) is 38.1 Å². The monoisotopic (exact) mass is 2170 g/mol. The SMILES string of the molecule is Cl.Cl.Cl.Cl.Cl.Cl.Cn1c(SCCCN2CC3CCN(c4ccc(C(F)(F)F)cc4)C3C2)nc2ccccc21.Cn1c(SCCCN2C[C@@H]3CCN(c4ccc(C(F)(F)F)cc4)[C@@H]3C2)nnc1[C@@H]1COCCO1.Cn1c(SCCCN2C[C@@H]3CCN(c4ccc(C(F)(F)F)cc4)[C@@H]3C2)nnc1[C@H]1COCCO1.Cn1c(SCCCN2C[C@H]3CCN(c4ccc(C(F)(F)F)cc4)[C@H]3C2)nnc1[C@H]1COCCO1. The minimum absolute atomic E-state index is 0. The third-order valence-electron chi connectivity index (χ3n) is 27.7. The number of aromatic nitrogens is 11. The van der Waals surface area contributed by atoms with Gasteiger partial charge in [0.05, 0.1) is 92.7 Å². The van der Waals surface area contributed by atoms with Crippen LogP contribution in [0.1, 0.15) is 109 Å². The van der Waals surface area contributed by atoms with Gasteiger partial charge in [-0.15, -0.1) is 105 Å². The zero-order chi connectivity index (χ0) is 93.4. The molecule has 11 fully saturated rings. The minimum Gasteiger partial charge on any atom is -0.376 e. The number of anilines is 4. The normalized spacial score (nSPS) is 23.7. The van der Waals surface area contributed by atoms with Gasteiger partial charge in [0.2, 0.25) is 0 Å². The van der Waals surface area contributed by atoms with Gasteiger partial charge in [-0.05, 0) is 210 Å². The zero-order valence-electron chi connectivity index (χ0n) is 78.1. The number of nitrogens with zero attached hydrogens (tertiary/aromatic N) is 19. The summed E-state index contributed by atoms with van der Waals surface area (Å²) in [6.07, 6.45) is -9.05. The Hall–Kier alpha value is -5.91. The Morgan fingerprint density at radius 1 is 0.307 bits per heavy atom. The van der Waals surface area contributed by atoms with E-state index in [2.05, 4.69) is 87.5 Å². The molecule has 0 N–H and O–H groups in total. The van der Waals surface area contributed by atoms with Gasteiger partial charge in [0.1, 0.15) is 18.3 Å². The summed E-state index contributed by atoms with van der Waals surface area (Å²) in [4.78, 5) is 23.9. The molecule has 25 nitrogen and oxygen atoms in total. The summed E-state index contributed by atoms with van der Waals surface area (Å²) in [6, 6.07) is 32.2. The van der Waals surface area contributed by atoms with E-state index in [-0.39, 0.29) is 92.8 Å². The highest BCUT2D eigenvalue weighted by Crippen LogP contribution is 2.44. The number of alkyl halides is 12. The predicted molar refractivity (Wildman–Crippen MR) is 536 cm³/mol. The number of aryl methyl sites for hydroxylation is 1. The van der Waals surface area contributed by atoms with Crippen molar-refractivity contribution in [2.24, 2.45) is 51.9 Å². The Bertz CT molecular complexity index is 4920. The lowest BCUT2D eigenvalue weighted by molar-refractivity contribution is -0.138. The van der Waals surface area contributed by atoms with E-state index in [1.165, 1.54) is 48.5 Å². The van der Waals surface area contributed by atoms with Crippen LogP contribution < -0.4 is 19.6 Å². The minimum atomic E-state index is -4.29. The first kappa shape index (κ1) is 114. The van der Waals surface area contributed by atoms with Crippen LogP contribution in [-0.2, 0) is 81.3 Å². The number of ether oxygens (including phenoxy) is 6. The Morgan fingerprint density at radius 3 is 0.807 bits per heavy atom. The van der Waals surface area contributed by atoms with Gasteiger partial charge in [-0.2, -0.15) is 52.7 Å². The molecule has 4 aromatic heterocycles. The highest BCUT2D eigenvalue weighted by atomic mass is 35.5. The molecular formula is C93H123Cl6F12N19O6S4. The second kappa shape index (κ2) is 51.6. The molecule has 0 saturated carbocycles. The van der Waals surface area contributed by atoms with Crippen molar-refractivity contribution >= 4 is 155 Å². The smallest absolute Gasteiger partial charge is 0.376 e. The van der Waals surface area contributed by atoms with Crippen molar-refractivity contribution in [3.8, 4) is 0 Å². The molecule has 9 aromatic rings. The number of hydrogen-bond acceptors (Lipinski definition) is 25. The lowest BCUT2D eigenvalue weighted by Gasteiger charge is -2.27. The Morgan fingerprint density at radius 2 is 0.564 bits per heavy atom. The van der Waals surface area contributed by atoms with E-state index in [0.717, 1.165) is 251 Å². The van der Waals surface area contributed by atoms with Crippen molar-refractivity contribution in [3.05, 3.63) is 161 Å². The quantitative estimate of drug-likeness (QED) is 0.0268. The summed E-state index contributed by atoms with van der Waals surface area (Å²) >= 11 is 6.90. The van der Waals surface area contributed by atoms with E-state index >= 15 is 0 Å². The summed E-state index contributed by atoms with van der Waals surface area (Å²) in [6.45, 7) is 21.0. The number of para-hydroxylation sites is 2. The van der Waals surface area contributed by atoms with E-state index in [1.54, 1.807) is 95.6 Å². The van der Waals surface area contributed by atoms with Crippen LogP contribution in [0.4, 0.5) is 75.4 Å². The molecule has 11 saturated heterocycles. The number of thioether (sulfide) groups is 4. The third kappa shape index (κ3) is 28.1. The fourth-order valence-corrected chi connectivity index (χ4v) is 24.2. The number of fused-ring (bicyclic) bond motifs is 5. The summed E-state index contributed by atoms with van der Waals surface area (Å²) in [5.74, 6) is 8.61. The maximum atomic E-state index is 12.9. The molecule has 0 radical (unpaired) electrons. The number of imidazole rings is 1. The van der Waals surface area contributed by atoms with Crippen molar-refractivity contribution in [2.75, 3.05) is 207 Å². The van der Waals surface area contributed by atoms with Gasteiger partial charge < -0.3 is 85.9 Å². The lowest BCUT2D eigenvalue weighted by atomic mass is 10.0. The highest BCUT2D eigenvalue weighted by molar-refractivity contribution is 7.99. The van der Waals surface area contributed by atoms with E-state index in [4.69, 9.17) is 33.4 Å². The van der Waals surface area contributed by atoms with Crippen molar-refractivity contribution < 1.29 is 81.1 Å². The van der Waals surface area contributed by atoms with Crippen LogP contribution in [-0.4, -0.2) is 285 Å². The van der Waals surface area contributed by atoms with Crippen molar-refractivity contribution in [3.63, 3.8) is 0 Å². The summed E-state index contributed by atoms with van der Waals surface area (Å²) in [5, 5.41) is 29.6. The molecule has 140 heavy (non-hydrogen) atoms. The fourth-order valence-electron chi connectivity index (χ4n) is 20.7. The predicted octanol–water partition coefficient (Wildman–Crippen LogP) is 18.7. The molecule has 776 valence electrons. The molecule has 47 heteroatoms. The molecule has 5 aromatic carbocycles. The van der Waals surface area contributed by atoms with Gasteiger partial charge in [0, 0.05) is 177 Å². The van der Waals surface area contributed by atoms with Gasteiger partial charge in [-0.1, -0.05) is 59.2 Å². The molecule has 11 aliphatic rings. The van der Waals surface area contributed by atoms with Gasteiger partial charge in [0.25, 0.3) is 0 Å². The summed E-state index contributed by atoms with van der Waals surface area (Å²) in [5.41, 5.74) is 3.42. The standard InChI is InChI=1S/C24H27F3N4S.3C23H30F3N5O2S.6ClH/c1-29-21-6-3-2-5-20(21)28-23(29)32-14-4-12-30-15-17-11-13-31(22(17)16-30)19-9-7-18(8-10-19)24(25,26)27;3*1-29-21(20-15-32-10-11-33-20)27-28-22(29)34-12-2-8-30-13-16-7-9-31(19(16)14-30)18-5-3-17(4-6-18)23(24,25)26;;;;;;/h2-3,5-10,17,22H,4,11-16H2,1H3;3*3-6,16,19-20H,2,7-15H2,1H3;6*1H/t;16-,19+,20+;2*16-,19+,20-;;;;;;/m.010....../s1. The first-order chi connectivity index (χ1) is 64.6. The Labute approximate surface area is 862 Å². The molecule has 0 amide bonds. The maximum absolute atomic E-state index is 12.9. The number of likely N-dealkylation sites (tertiary alicyclic amines) is 4. The number of halogens is 18. The molecular weight excluding hydrogens is 2050 g/mol. The van der Waals surface area contributed by atoms with Crippen LogP contribution in [0.3, 0.4) is 0 Å². The van der Waals surface area contributed by atoms with E-state index in [9.17, 15) is 52.7 Å². The Balaban J connectivity index is 0.000000176. The number of rotatable bonds is 27. The first-order valence-corrected chi connectivity index (χ1v) is 50.4. The van der Waals surface area contributed by atoms with E-state index in [1.807, 2.05) is 53.0 Å². The third-order valence-corrected chi connectivity index (χ3v) is 32.1. The highest BCUT2D eigenvalue weighted by Gasteiger charge is 2.47. The number of benzene rings is 5. The molecule has 0 spiro atoms. The first-order valence-electron chi connectivity index (χ1n) is 46.4. The Kier molecular flexibility index (Phi) is 42.2. The van der Waals surface area contributed by atoms with Crippen LogP contribution in [0.15, 0.2) is 142 Å². The van der Waals surface area contributed by atoms with Crippen molar-refractivity contribution in [1.82, 2.24) is 73.4 Å². The van der Waals surface area contributed by atoms with E-state index < -0.39 is 47.0 Å². The van der Waals surface area contributed by atoms with Crippen molar-refractivity contribution in [2.45, 2.75) is 139 Å². The van der Waals surface area contributed by atoms with Crippen LogP contribution in [0.5, 0.6) is 0 Å². The lowest BCUT2D eigenvalue weighted by Crippen LogP contribution is -2.35. The molecule has 2 unspecified atom stereocenters. The molecule has 0 aliphatic carbocycles. The van der Waals surface area contributed by atoms with E-state index in [0.29, 0.717) is 107 Å². The van der Waals surface area contributed by atoms with Crippen LogP contribution in [0, 0.1) is 23.7 Å². The topological polar surface area (TPSA) is 191 Å². The summed E-state index contributed by atoms with van der Waals surface area (Å²) < 4.78 is 196. The average molecular weight is 2170 g/mol. The van der Waals surface area contributed by atoms with Crippen LogP contribution in [0.25, 0.3) is 11.0 Å². The second-order valence-electron chi connectivity index (χ2n) is 36.2. The second-order valence-corrected chi connectivity index (χ2v) is 40.5. The molecule has 0 bridgehead atoms. The van der Waals surface area contributed by atoms with Crippen molar-refractivity contribution in [1.29, 1.82) is 0 Å². The largest absolute Gasteiger partial charge is 0.416 e. The maximum Gasteiger partial charge on any atom is 0.416 e. The molecule has 11 aliphatic heterocycles. The fraction of sp³-hybridized carbons (Fsp3) is 0.602. The van der Waals surface area contributed by atoms with Gasteiger partial charge in [-0.25, -0.2) is 4.98 Å². The van der Waals surface area contributed by atoms with Crippen LogP contribution in [0.2, 0.25) is 0 Å². The molecule has 20 rings (SSSR count). The molecule has 11 atom stereocenters. The molecule has 15 heterocycles. The van der Waals surface area contributed by atoms with Gasteiger partial charge >= 0.3 is 24.7 Å². The average Bonchev–Trinajstić information content (AvgIpc) is 1.64. The van der Waals surface area contributed by atoms with Crippen LogP contribution >= 0.6 is 121 Å². The van der Waals surface area contributed by atoms with Gasteiger partial charge in [-0.3, -0.25) is 0 Å². The zero-order valence-corrected chi connectivity index (χ0v) is 86.3.